The molecule has 0 saturated heterocycles. The molecule has 1 unspecified atom stereocenters. The minimum atomic E-state index is -0.0394. The summed E-state index contributed by atoms with van der Waals surface area (Å²) in [5.41, 5.74) is 7.16. The highest BCUT2D eigenvalue weighted by atomic mass is 32.1. The molecule has 2 aromatic heterocycles. The van der Waals surface area contributed by atoms with E-state index in [-0.39, 0.29) is 6.04 Å². The molecule has 72 valence electrons. The molecule has 0 aliphatic heterocycles. The number of thiophene rings is 1. The molecule has 2 aromatic rings. The van der Waals surface area contributed by atoms with Crippen molar-refractivity contribution in [2.45, 2.75) is 13.0 Å². The van der Waals surface area contributed by atoms with Crippen molar-refractivity contribution in [2.75, 3.05) is 0 Å². The van der Waals surface area contributed by atoms with E-state index in [0.29, 0.717) is 0 Å². The molecule has 2 rings (SSSR count). The van der Waals surface area contributed by atoms with Gasteiger partial charge in [-0.2, -0.15) is 0 Å². The Balaban J connectivity index is 2.29. The van der Waals surface area contributed by atoms with Gasteiger partial charge in [0.05, 0.1) is 6.04 Å². The second-order valence-corrected chi connectivity index (χ2v) is 4.53. The zero-order valence-electron chi connectivity index (χ0n) is 7.97. The zero-order chi connectivity index (χ0) is 9.97. The van der Waals surface area contributed by atoms with E-state index in [0.717, 1.165) is 5.56 Å². The Kier molecular flexibility index (Phi) is 2.61. The van der Waals surface area contributed by atoms with Crippen LogP contribution in [0, 0.1) is 6.92 Å². The molecule has 3 heteroatoms. The molecule has 2 heterocycles. The maximum Gasteiger partial charge on any atom is 0.0661 e. The number of aromatic nitrogens is 1. The fourth-order valence-corrected chi connectivity index (χ4v) is 2.25. The first-order valence-corrected chi connectivity index (χ1v) is 5.31. The monoisotopic (exact) mass is 204 g/mol. The largest absolute Gasteiger partial charge is 0.320 e. The number of pyridine rings is 1. The van der Waals surface area contributed by atoms with Crippen LogP contribution in [-0.2, 0) is 0 Å². The molecule has 0 fully saturated rings. The summed E-state index contributed by atoms with van der Waals surface area (Å²) in [5.74, 6) is 0. The van der Waals surface area contributed by atoms with Gasteiger partial charge in [-0.3, -0.25) is 4.98 Å². The minimum absolute atomic E-state index is 0.0394. The molecule has 14 heavy (non-hydrogen) atoms. The van der Waals surface area contributed by atoms with Gasteiger partial charge in [-0.15, -0.1) is 11.3 Å². The molecule has 2 nitrogen and oxygen atoms in total. The molecule has 0 amide bonds. The Morgan fingerprint density at radius 1 is 1.36 bits per heavy atom. The maximum absolute atomic E-state index is 6.10. The number of aryl methyl sites for hydroxylation is 1. The first-order chi connectivity index (χ1) is 6.77. The predicted octanol–water partition coefficient (Wildman–Crippen LogP) is 2.50. The lowest BCUT2D eigenvalue weighted by molar-refractivity contribution is 0.884. The van der Waals surface area contributed by atoms with Gasteiger partial charge in [0.15, 0.2) is 0 Å². The minimum Gasteiger partial charge on any atom is -0.320 e. The fraction of sp³-hybridized carbons (Fsp3) is 0.182. The normalized spacial score (nSPS) is 12.7. The fourth-order valence-electron chi connectivity index (χ4n) is 1.34. The average molecular weight is 204 g/mol. The van der Waals surface area contributed by atoms with E-state index < -0.39 is 0 Å². The third-order valence-corrected chi connectivity index (χ3v) is 3.19. The van der Waals surface area contributed by atoms with Gasteiger partial charge in [0.2, 0.25) is 0 Å². The Morgan fingerprint density at radius 2 is 2.21 bits per heavy atom. The van der Waals surface area contributed by atoms with Gasteiger partial charge >= 0.3 is 0 Å². The van der Waals surface area contributed by atoms with Gasteiger partial charge in [0.25, 0.3) is 0 Å². The van der Waals surface area contributed by atoms with Crippen LogP contribution in [0.25, 0.3) is 0 Å². The lowest BCUT2D eigenvalue weighted by Crippen LogP contribution is -2.10. The van der Waals surface area contributed by atoms with E-state index in [1.807, 2.05) is 18.3 Å². The summed E-state index contributed by atoms with van der Waals surface area (Å²) in [5, 5.41) is 0. The molecule has 0 bridgehead atoms. The van der Waals surface area contributed by atoms with Crippen molar-refractivity contribution < 1.29 is 0 Å². The smallest absolute Gasteiger partial charge is 0.0661 e. The van der Waals surface area contributed by atoms with Crippen molar-refractivity contribution in [3.05, 3.63) is 52.0 Å². The van der Waals surface area contributed by atoms with Crippen LogP contribution in [0.1, 0.15) is 21.4 Å². The molecular formula is C11H12N2S. The van der Waals surface area contributed by atoms with Crippen LogP contribution in [0.3, 0.4) is 0 Å². The summed E-state index contributed by atoms with van der Waals surface area (Å²) in [6, 6.07) is 8.05. The van der Waals surface area contributed by atoms with Gasteiger partial charge in [-0.1, -0.05) is 6.07 Å². The van der Waals surface area contributed by atoms with Gasteiger partial charge in [0, 0.05) is 22.1 Å². The summed E-state index contributed by atoms with van der Waals surface area (Å²) in [4.78, 5) is 6.54. The Hall–Kier alpha value is -1.19. The molecule has 0 saturated carbocycles. The highest BCUT2D eigenvalue weighted by Crippen LogP contribution is 2.25. The predicted molar refractivity (Wildman–Crippen MR) is 59.3 cm³/mol. The topological polar surface area (TPSA) is 38.9 Å². The lowest BCUT2D eigenvalue weighted by Gasteiger charge is -2.08. The van der Waals surface area contributed by atoms with Gasteiger partial charge in [0.1, 0.15) is 0 Å². The summed E-state index contributed by atoms with van der Waals surface area (Å²) in [6.07, 6.45) is 3.58. The van der Waals surface area contributed by atoms with E-state index in [1.165, 1.54) is 9.75 Å². The Labute approximate surface area is 87.4 Å². The third kappa shape index (κ3) is 1.84. The third-order valence-electron chi connectivity index (χ3n) is 2.11. The van der Waals surface area contributed by atoms with E-state index in [9.17, 15) is 0 Å². The lowest BCUT2D eigenvalue weighted by atomic mass is 10.1. The number of rotatable bonds is 2. The first kappa shape index (κ1) is 9.37. The SMILES string of the molecule is Cc1ccc(C(N)c2cccnc2)s1. The summed E-state index contributed by atoms with van der Waals surface area (Å²) < 4.78 is 0. The second-order valence-electron chi connectivity index (χ2n) is 3.21. The van der Waals surface area contributed by atoms with Crippen molar-refractivity contribution in [3.8, 4) is 0 Å². The van der Waals surface area contributed by atoms with Crippen LogP contribution in [0.2, 0.25) is 0 Å². The van der Waals surface area contributed by atoms with Crippen molar-refractivity contribution in [1.29, 1.82) is 0 Å². The average Bonchev–Trinajstić information content (AvgIpc) is 2.65. The molecule has 0 radical (unpaired) electrons. The highest BCUT2D eigenvalue weighted by molar-refractivity contribution is 7.12. The van der Waals surface area contributed by atoms with Crippen LogP contribution in [0.4, 0.5) is 0 Å². The molecule has 0 aromatic carbocycles. The van der Waals surface area contributed by atoms with E-state index >= 15 is 0 Å². The van der Waals surface area contributed by atoms with Crippen LogP contribution >= 0.6 is 11.3 Å². The van der Waals surface area contributed by atoms with Crippen molar-refractivity contribution in [1.82, 2.24) is 4.98 Å². The summed E-state index contributed by atoms with van der Waals surface area (Å²) in [7, 11) is 0. The zero-order valence-corrected chi connectivity index (χ0v) is 8.79. The van der Waals surface area contributed by atoms with E-state index in [4.69, 9.17) is 5.73 Å². The van der Waals surface area contributed by atoms with E-state index in [1.54, 1.807) is 17.5 Å². The van der Waals surface area contributed by atoms with Gasteiger partial charge in [-0.05, 0) is 30.7 Å². The van der Waals surface area contributed by atoms with Crippen LogP contribution in [0.15, 0.2) is 36.7 Å². The Bertz CT molecular complexity index is 408. The second kappa shape index (κ2) is 3.90. The van der Waals surface area contributed by atoms with E-state index in [2.05, 4.69) is 24.0 Å². The van der Waals surface area contributed by atoms with Crippen molar-refractivity contribution in [2.24, 2.45) is 5.73 Å². The van der Waals surface area contributed by atoms with Crippen LogP contribution in [0.5, 0.6) is 0 Å². The maximum atomic E-state index is 6.10. The summed E-state index contributed by atoms with van der Waals surface area (Å²) >= 11 is 1.74. The molecule has 0 aliphatic carbocycles. The number of nitrogens with two attached hydrogens (primary N) is 1. The van der Waals surface area contributed by atoms with Crippen molar-refractivity contribution >= 4 is 11.3 Å². The first-order valence-electron chi connectivity index (χ1n) is 4.49. The van der Waals surface area contributed by atoms with Gasteiger partial charge < -0.3 is 5.73 Å². The standard InChI is InChI=1S/C11H12N2S/c1-8-4-5-10(14-8)11(12)9-3-2-6-13-7-9/h2-7,11H,12H2,1H3. The number of hydrogen-bond acceptors (Lipinski definition) is 3. The summed E-state index contributed by atoms with van der Waals surface area (Å²) in [6.45, 7) is 2.09. The quantitative estimate of drug-likeness (QED) is 0.816. The number of hydrogen-bond donors (Lipinski definition) is 1. The Morgan fingerprint density at radius 3 is 2.79 bits per heavy atom. The molecule has 1 atom stereocenters. The molecule has 2 N–H and O–H groups in total. The van der Waals surface area contributed by atoms with Gasteiger partial charge in [-0.25, -0.2) is 0 Å². The molecule has 0 spiro atoms. The molecule has 0 aliphatic rings. The van der Waals surface area contributed by atoms with Crippen LogP contribution < -0.4 is 5.73 Å². The highest BCUT2D eigenvalue weighted by Gasteiger charge is 2.09. The van der Waals surface area contributed by atoms with Crippen LogP contribution in [-0.4, -0.2) is 4.98 Å². The van der Waals surface area contributed by atoms with Crippen molar-refractivity contribution in [3.63, 3.8) is 0 Å². The number of nitrogens with zero attached hydrogens (tertiary/aromatic N) is 1. The molecular weight excluding hydrogens is 192 g/mol.